The first-order valence-corrected chi connectivity index (χ1v) is 9.35. The number of halogens is 1. The van der Waals surface area contributed by atoms with Crippen molar-refractivity contribution in [1.82, 2.24) is 9.80 Å². The van der Waals surface area contributed by atoms with Gasteiger partial charge in [-0.2, -0.15) is 0 Å². The Bertz CT molecular complexity index is 391. The van der Waals surface area contributed by atoms with Crippen LogP contribution in [0.15, 0.2) is 0 Å². The van der Waals surface area contributed by atoms with E-state index in [2.05, 4.69) is 37.5 Å². The van der Waals surface area contributed by atoms with Crippen LogP contribution >= 0.6 is 23.0 Å². The van der Waals surface area contributed by atoms with E-state index in [1.807, 2.05) is 36.9 Å². The van der Waals surface area contributed by atoms with Gasteiger partial charge in [-0.25, -0.2) is 0 Å². The zero-order chi connectivity index (χ0) is 17.8. The highest BCUT2D eigenvalue weighted by atomic mass is 127. The van der Waals surface area contributed by atoms with Crippen LogP contribution in [0, 0.1) is 11.3 Å². The summed E-state index contributed by atoms with van der Waals surface area (Å²) in [6.45, 7) is 17.1. The highest BCUT2D eigenvalue weighted by Gasteiger charge is 2.47. The molecule has 0 saturated carbocycles. The van der Waals surface area contributed by atoms with Gasteiger partial charge in [-0.15, -0.1) is 0 Å². The fourth-order valence-corrected chi connectivity index (χ4v) is 3.75. The summed E-state index contributed by atoms with van der Waals surface area (Å²) in [5.41, 5.74) is -0.581. The van der Waals surface area contributed by atoms with Crippen molar-refractivity contribution in [2.45, 2.75) is 53.2 Å². The minimum Gasteiger partial charge on any atom is -0.389 e. The van der Waals surface area contributed by atoms with Crippen molar-refractivity contribution in [3.05, 3.63) is 0 Å². The molecule has 1 rings (SSSR count). The van der Waals surface area contributed by atoms with Crippen LogP contribution in [0.2, 0.25) is 0 Å². The molecule has 0 aromatic carbocycles. The molecule has 5 nitrogen and oxygen atoms in total. The minimum atomic E-state index is -0.439. The van der Waals surface area contributed by atoms with Crippen molar-refractivity contribution >= 4 is 28.8 Å². The highest BCUT2D eigenvalue weighted by Crippen LogP contribution is 2.38. The number of carbonyl (C=O) groups excluding carboxylic acids is 1. The molecule has 1 fully saturated rings. The Labute approximate surface area is 155 Å². The van der Waals surface area contributed by atoms with Crippen molar-refractivity contribution < 1.29 is 13.0 Å². The maximum absolute atomic E-state index is 12.7. The van der Waals surface area contributed by atoms with E-state index in [1.165, 1.54) is 0 Å². The second kappa shape index (κ2) is 8.56. The van der Waals surface area contributed by atoms with Crippen molar-refractivity contribution in [2.24, 2.45) is 11.3 Å². The van der Waals surface area contributed by atoms with Crippen LogP contribution in [0.3, 0.4) is 0 Å². The minimum absolute atomic E-state index is 0.0500. The van der Waals surface area contributed by atoms with Crippen LogP contribution in [0.5, 0.6) is 0 Å². The number of nitrogens with zero attached hydrogens (tertiary/aromatic N) is 2. The molecular weight excluding hydrogens is 407 g/mol. The maximum atomic E-state index is 12.7. The van der Waals surface area contributed by atoms with Gasteiger partial charge in [0.05, 0.1) is 12.7 Å². The van der Waals surface area contributed by atoms with Gasteiger partial charge in [0.25, 0.3) is 0 Å². The highest BCUT2D eigenvalue weighted by molar-refractivity contribution is 14.1. The number of aliphatic hydroxyl groups is 1. The number of aliphatic hydroxyl groups excluding tert-OH is 1. The van der Waals surface area contributed by atoms with Gasteiger partial charge in [0.2, 0.25) is 0 Å². The average molecular weight is 440 g/mol. The molecule has 1 saturated heterocycles. The number of β-amino-alcohol motifs (C(OH)–C–C–N with tert-alkyl or cyclic N) is 1. The van der Waals surface area contributed by atoms with Gasteiger partial charge in [-0.3, -0.25) is 14.6 Å². The van der Waals surface area contributed by atoms with Crippen LogP contribution in [0.4, 0.5) is 0 Å². The Morgan fingerprint density at radius 3 is 2.13 bits per heavy atom. The molecular formula is C17H33IN2O3. The first-order valence-electron chi connectivity index (χ1n) is 8.47. The standard InChI is InChI=1S/C17H33IN2O3/c1-13(2)15(22)16(3,4)17(5,6)20-9-7-19(8-10-20)11-14(21)12-23-18/h13-14,21H,7-12H2,1-6H3. The normalized spacial score (nSPS) is 20.0. The quantitative estimate of drug-likeness (QED) is 0.588. The largest absolute Gasteiger partial charge is 0.389 e. The molecule has 0 spiro atoms. The lowest BCUT2D eigenvalue weighted by Crippen LogP contribution is -2.62. The van der Waals surface area contributed by atoms with E-state index >= 15 is 0 Å². The van der Waals surface area contributed by atoms with Gasteiger partial charge in [-0.05, 0) is 13.8 Å². The van der Waals surface area contributed by atoms with Gasteiger partial charge < -0.3 is 8.17 Å². The van der Waals surface area contributed by atoms with Crippen LogP contribution in [-0.2, 0) is 7.86 Å². The molecule has 0 amide bonds. The molecule has 1 atom stereocenters. The molecule has 136 valence electrons. The Kier molecular flexibility index (Phi) is 7.92. The Morgan fingerprint density at radius 1 is 1.17 bits per heavy atom. The van der Waals surface area contributed by atoms with Crippen LogP contribution in [-0.4, -0.2) is 71.7 Å². The number of Topliss-reactive ketones (excluding diaryl/α,β-unsaturated/α-hetero) is 1. The summed E-state index contributed by atoms with van der Waals surface area (Å²) in [7, 11) is 0. The third-order valence-electron chi connectivity index (χ3n) is 5.56. The molecule has 0 aliphatic carbocycles. The summed E-state index contributed by atoms with van der Waals surface area (Å²) in [5.74, 6) is 0.369. The molecule has 1 unspecified atom stereocenters. The van der Waals surface area contributed by atoms with E-state index in [-0.39, 0.29) is 11.5 Å². The van der Waals surface area contributed by atoms with Gasteiger partial charge in [0.15, 0.2) is 0 Å². The lowest BCUT2D eigenvalue weighted by atomic mass is 9.67. The second-order valence-corrected chi connectivity index (χ2v) is 8.54. The summed E-state index contributed by atoms with van der Waals surface area (Å²) < 4.78 is 4.96. The zero-order valence-electron chi connectivity index (χ0n) is 15.4. The Morgan fingerprint density at radius 2 is 1.70 bits per heavy atom. The molecule has 6 heteroatoms. The maximum Gasteiger partial charge on any atom is 0.142 e. The second-order valence-electron chi connectivity index (χ2n) is 7.92. The number of hydrogen-bond acceptors (Lipinski definition) is 5. The molecule has 1 heterocycles. The number of hydrogen-bond donors (Lipinski definition) is 1. The van der Waals surface area contributed by atoms with Crippen molar-refractivity contribution in [2.75, 3.05) is 39.3 Å². The lowest BCUT2D eigenvalue weighted by Gasteiger charge is -2.52. The molecule has 0 aromatic heterocycles. The molecule has 0 bridgehead atoms. The zero-order valence-corrected chi connectivity index (χ0v) is 17.6. The topological polar surface area (TPSA) is 53.0 Å². The van der Waals surface area contributed by atoms with E-state index in [1.54, 1.807) is 0 Å². The first-order chi connectivity index (χ1) is 10.5. The van der Waals surface area contributed by atoms with E-state index in [4.69, 9.17) is 3.07 Å². The van der Waals surface area contributed by atoms with Crippen LogP contribution in [0.1, 0.15) is 41.5 Å². The summed E-state index contributed by atoms with van der Waals surface area (Å²) in [4.78, 5) is 17.3. The van der Waals surface area contributed by atoms with Crippen LogP contribution in [0.25, 0.3) is 0 Å². The van der Waals surface area contributed by atoms with Crippen molar-refractivity contribution in [3.8, 4) is 0 Å². The van der Waals surface area contributed by atoms with Crippen molar-refractivity contribution in [3.63, 3.8) is 0 Å². The van der Waals surface area contributed by atoms with Gasteiger partial charge in [-0.1, -0.05) is 27.7 Å². The fraction of sp³-hybridized carbons (Fsp3) is 0.941. The van der Waals surface area contributed by atoms with Gasteiger partial charge in [0, 0.05) is 49.6 Å². The molecule has 1 aliphatic rings. The number of rotatable bonds is 8. The Hall–Kier alpha value is 0.240. The predicted molar refractivity (Wildman–Crippen MR) is 102 cm³/mol. The molecule has 0 aromatic rings. The first kappa shape index (κ1) is 21.3. The monoisotopic (exact) mass is 440 g/mol. The molecule has 1 N–H and O–H groups in total. The third-order valence-corrected chi connectivity index (χ3v) is 5.92. The summed E-state index contributed by atoms with van der Waals surface area (Å²) in [6, 6.07) is 0. The molecule has 23 heavy (non-hydrogen) atoms. The molecule has 1 aliphatic heterocycles. The van der Waals surface area contributed by atoms with Gasteiger partial charge >= 0.3 is 0 Å². The van der Waals surface area contributed by atoms with Crippen LogP contribution < -0.4 is 0 Å². The smallest absolute Gasteiger partial charge is 0.142 e. The predicted octanol–water partition coefficient (Wildman–Crippen LogP) is 2.36. The summed E-state index contributed by atoms with van der Waals surface area (Å²) in [5, 5.41) is 9.86. The van der Waals surface area contributed by atoms with E-state index in [0.717, 1.165) is 26.2 Å². The Balaban J connectivity index is 2.66. The summed E-state index contributed by atoms with van der Waals surface area (Å²) >= 11 is 1.81. The fourth-order valence-electron chi connectivity index (χ4n) is 3.33. The summed E-state index contributed by atoms with van der Waals surface area (Å²) in [6.07, 6.45) is -0.439. The van der Waals surface area contributed by atoms with E-state index in [9.17, 15) is 9.90 Å². The lowest BCUT2D eigenvalue weighted by molar-refractivity contribution is -0.139. The third kappa shape index (κ3) is 5.11. The van der Waals surface area contributed by atoms with Gasteiger partial charge in [0.1, 0.15) is 28.8 Å². The SMILES string of the molecule is CC(C)C(=O)C(C)(C)C(C)(C)N1CCN(CC(O)COI)CC1. The number of piperazine rings is 1. The van der Waals surface area contributed by atoms with E-state index < -0.39 is 11.5 Å². The van der Waals surface area contributed by atoms with Crippen molar-refractivity contribution in [1.29, 1.82) is 0 Å². The number of carbonyl (C=O) groups is 1. The number of ketones is 1. The van der Waals surface area contributed by atoms with E-state index in [0.29, 0.717) is 18.9 Å². The molecule has 0 radical (unpaired) electrons. The average Bonchev–Trinajstić information content (AvgIpc) is 2.46.